The summed E-state index contributed by atoms with van der Waals surface area (Å²) in [4.78, 5) is 27.3. The highest BCUT2D eigenvalue weighted by Crippen LogP contribution is 2.42. The smallest absolute Gasteiger partial charge is 0.295 e. The van der Waals surface area contributed by atoms with Gasteiger partial charge in [-0.25, -0.2) is 0 Å². The number of hydrogen-bond acceptors (Lipinski definition) is 6. The lowest BCUT2D eigenvalue weighted by Crippen LogP contribution is -2.32. The molecule has 0 aromatic heterocycles. The molecule has 1 heterocycles. The lowest BCUT2D eigenvalue weighted by atomic mass is 9.94. The summed E-state index contributed by atoms with van der Waals surface area (Å²) in [5, 5.41) is 11.2. The van der Waals surface area contributed by atoms with Crippen LogP contribution in [0.25, 0.3) is 5.76 Å². The standard InChI is InChI=1S/C24H27NO6/c1-15(2)31-17-9-7-8-16(14-17)22(26)20-21(18-10-5-6-11-19(18)30-4)25(12-13-29-3)24(28)23(20)27/h5-11,14-15,21,26H,12-13H2,1-4H3/b22-20+. The average molecular weight is 425 g/mol. The van der Waals surface area contributed by atoms with Gasteiger partial charge in [0.1, 0.15) is 17.3 Å². The van der Waals surface area contributed by atoms with Gasteiger partial charge in [-0.15, -0.1) is 0 Å². The predicted octanol–water partition coefficient (Wildman–Crippen LogP) is 3.55. The quantitative estimate of drug-likeness (QED) is 0.396. The largest absolute Gasteiger partial charge is 0.507 e. The molecule has 1 aliphatic rings. The van der Waals surface area contributed by atoms with Crippen molar-refractivity contribution in [1.82, 2.24) is 4.90 Å². The molecule has 164 valence electrons. The van der Waals surface area contributed by atoms with Crippen LogP contribution in [0.1, 0.15) is 31.0 Å². The molecule has 1 N–H and O–H groups in total. The summed E-state index contributed by atoms with van der Waals surface area (Å²) >= 11 is 0. The zero-order valence-corrected chi connectivity index (χ0v) is 18.1. The Kier molecular flexibility index (Phi) is 6.97. The van der Waals surface area contributed by atoms with Gasteiger partial charge >= 0.3 is 0 Å². The molecule has 1 unspecified atom stereocenters. The number of ether oxygens (including phenoxy) is 3. The van der Waals surface area contributed by atoms with Crippen LogP contribution in [0.3, 0.4) is 0 Å². The van der Waals surface area contributed by atoms with E-state index in [9.17, 15) is 14.7 Å². The maximum Gasteiger partial charge on any atom is 0.295 e. The van der Waals surface area contributed by atoms with E-state index < -0.39 is 17.7 Å². The van der Waals surface area contributed by atoms with Crippen molar-refractivity contribution in [2.24, 2.45) is 0 Å². The summed E-state index contributed by atoms with van der Waals surface area (Å²) in [5.74, 6) is -0.631. The molecule has 0 radical (unpaired) electrons. The van der Waals surface area contributed by atoms with Crippen LogP contribution in [-0.2, 0) is 14.3 Å². The molecule has 1 atom stereocenters. The molecule has 7 heteroatoms. The normalized spacial score (nSPS) is 18.0. The Morgan fingerprint density at radius 2 is 1.84 bits per heavy atom. The topological polar surface area (TPSA) is 85.3 Å². The van der Waals surface area contributed by atoms with Gasteiger partial charge in [0, 0.05) is 24.8 Å². The Hall–Kier alpha value is -3.32. The fourth-order valence-corrected chi connectivity index (χ4v) is 3.66. The zero-order chi connectivity index (χ0) is 22.5. The van der Waals surface area contributed by atoms with E-state index in [1.165, 1.54) is 19.1 Å². The SMILES string of the molecule is COCCN1C(=O)C(=O)/C(=C(/O)c2cccc(OC(C)C)c2)C1c1ccccc1OC. The highest BCUT2D eigenvalue weighted by Gasteiger charge is 2.46. The fraction of sp³-hybridized carbons (Fsp3) is 0.333. The molecule has 1 aliphatic heterocycles. The van der Waals surface area contributed by atoms with E-state index in [1.54, 1.807) is 48.5 Å². The van der Waals surface area contributed by atoms with Gasteiger partial charge in [0.25, 0.3) is 11.7 Å². The second-order valence-electron chi connectivity index (χ2n) is 7.42. The first-order valence-corrected chi connectivity index (χ1v) is 10.1. The van der Waals surface area contributed by atoms with Crippen molar-refractivity contribution < 1.29 is 28.9 Å². The number of nitrogens with zero attached hydrogens (tertiary/aromatic N) is 1. The molecule has 2 aromatic rings. The molecule has 3 rings (SSSR count). The van der Waals surface area contributed by atoms with E-state index >= 15 is 0 Å². The molecular formula is C24H27NO6. The van der Waals surface area contributed by atoms with Gasteiger partial charge < -0.3 is 24.2 Å². The van der Waals surface area contributed by atoms with Crippen LogP contribution in [0.5, 0.6) is 11.5 Å². The summed E-state index contributed by atoms with van der Waals surface area (Å²) in [6.07, 6.45) is -0.0504. The minimum Gasteiger partial charge on any atom is -0.507 e. The molecule has 0 bridgehead atoms. The van der Waals surface area contributed by atoms with E-state index in [0.717, 1.165) is 0 Å². The zero-order valence-electron chi connectivity index (χ0n) is 18.1. The van der Waals surface area contributed by atoms with Crippen LogP contribution in [0, 0.1) is 0 Å². The Morgan fingerprint density at radius 1 is 1.10 bits per heavy atom. The van der Waals surface area contributed by atoms with Crippen LogP contribution >= 0.6 is 0 Å². The van der Waals surface area contributed by atoms with Gasteiger partial charge in [-0.05, 0) is 32.0 Å². The van der Waals surface area contributed by atoms with Crippen LogP contribution < -0.4 is 9.47 Å². The van der Waals surface area contributed by atoms with Crippen molar-refractivity contribution in [2.45, 2.75) is 26.0 Å². The van der Waals surface area contributed by atoms with Crippen LogP contribution in [-0.4, -0.2) is 55.2 Å². The third-order valence-corrected chi connectivity index (χ3v) is 4.99. The Morgan fingerprint density at radius 3 is 2.52 bits per heavy atom. The van der Waals surface area contributed by atoms with Crippen LogP contribution in [0.2, 0.25) is 0 Å². The lowest BCUT2D eigenvalue weighted by molar-refractivity contribution is -0.140. The van der Waals surface area contributed by atoms with E-state index in [2.05, 4.69) is 0 Å². The average Bonchev–Trinajstić information content (AvgIpc) is 3.01. The fourth-order valence-electron chi connectivity index (χ4n) is 3.66. The minimum absolute atomic E-state index is 0.00676. The van der Waals surface area contributed by atoms with E-state index in [4.69, 9.17) is 14.2 Å². The second-order valence-corrected chi connectivity index (χ2v) is 7.42. The van der Waals surface area contributed by atoms with Crippen molar-refractivity contribution in [1.29, 1.82) is 0 Å². The molecule has 31 heavy (non-hydrogen) atoms. The number of carbonyl (C=O) groups excluding carboxylic acids is 2. The van der Waals surface area contributed by atoms with Crippen LogP contribution in [0.4, 0.5) is 0 Å². The van der Waals surface area contributed by atoms with E-state index in [-0.39, 0.29) is 30.6 Å². The number of ketones is 1. The molecule has 1 fully saturated rings. The number of methoxy groups -OCH3 is 2. The lowest BCUT2D eigenvalue weighted by Gasteiger charge is -2.26. The third kappa shape index (κ3) is 4.56. The highest BCUT2D eigenvalue weighted by molar-refractivity contribution is 6.46. The summed E-state index contributed by atoms with van der Waals surface area (Å²) in [5.41, 5.74) is 1.01. The Balaban J connectivity index is 2.17. The molecule has 7 nitrogen and oxygen atoms in total. The number of para-hydroxylation sites is 1. The summed E-state index contributed by atoms with van der Waals surface area (Å²) in [6, 6.07) is 13.1. The molecule has 2 aromatic carbocycles. The van der Waals surface area contributed by atoms with Gasteiger partial charge in [-0.1, -0.05) is 30.3 Å². The number of benzene rings is 2. The molecule has 1 saturated heterocycles. The van der Waals surface area contributed by atoms with Crippen LogP contribution in [0.15, 0.2) is 54.1 Å². The Labute approximate surface area is 181 Å². The summed E-state index contributed by atoms with van der Waals surface area (Å²) in [6.45, 7) is 4.23. The Bertz CT molecular complexity index is 997. The van der Waals surface area contributed by atoms with Gasteiger partial charge in [0.2, 0.25) is 0 Å². The van der Waals surface area contributed by atoms with Gasteiger partial charge in [-0.3, -0.25) is 9.59 Å². The monoisotopic (exact) mass is 425 g/mol. The summed E-state index contributed by atoms with van der Waals surface area (Å²) in [7, 11) is 3.04. The number of rotatable bonds is 8. The van der Waals surface area contributed by atoms with E-state index in [0.29, 0.717) is 22.6 Å². The predicted molar refractivity (Wildman–Crippen MR) is 116 cm³/mol. The van der Waals surface area contributed by atoms with Gasteiger partial charge in [-0.2, -0.15) is 0 Å². The third-order valence-electron chi connectivity index (χ3n) is 4.99. The molecule has 0 spiro atoms. The maximum absolute atomic E-state index is 13.0. The van der Waals surface area contributed by atoms with Crippen molar-refractivity contribution in [3.63, 3.8) is 0 Å². The first kappa shape index (κ1) is 22.4. The number of likely N-dealkylation sites (tertiary alicyclic amines) is 1. The number of aliphatic hydroxyl groups excluding tert-OH is 1. The maximum atomic E-state index is 13.0. The van der Waals surface area contributed by atoms with E-state index in [1.807, 2.05) is 13.8 Å². The highest BCUT2D eigenvalue weighted by atomic mass is 16.5. The van der Waals surface area contributed by atoms with Crippen molar-refractivity contribution in [3.05, 3.63) is 65.2 Å². The van der Waals surface area contributed by atoms with Crippen molar-refractivity contribution in [3.8, 4) is 11.5 Å². The van der Waals surface area contributed by atoms with Gasteiger partial charge in [0.05, 0.1) is 31.4 Å². The van der Waals surface area contributed by atoms with Gasteiger partial charge in [0.15, 0.2) is 0 Å². The summed E-state index contributed by atoms with van der Waals surface area (Å²) < 4.78 is 16.3. The molecule has 0 aliphatic carbocycles. The number of carbonyl (C=O) groups is 2. The first-order chi connectivity index (χ1) is 14.9. The minimum atomic E-state index is -0.805. The second kappa shape index (κ2) is 9.66. The number of amides is 1. The molecular weight excluding hydrogens is 398 g/mol. The molecule has 0 saturated carbocycles. The number of aliphatic hydroxyl groups is 1. The molecule has 1 amide bonds. The van der Waals surface area contributed by atoms with Crippen molar-refractivity contribution in [2.75, 3.05) is 27.4 Å². The number of Topliss-reactive ketones (excluding diaryl/α,β-unsaturated/α-hetero) is 1. The first-order valence-electron chi connectivity index (χ1n) is 10.1. The van der Waals surface area contributed by atoms with Crippen molar-refractivity contribution >= 4 is 17.4 Å². The number of hydrogen-bond donors (Lipinski definition) is 1.